The van der Waals surface area contributed by atoms with Crippen molar-refractivity contribution < 1.29 is 18.6 Å². The van der Waals surface area contributed by atoms with Crippen LogP contribution in [0.4, 0.5) is 14.6 Å². The van der Waals surface area contributed by atoms with Crippen LogP contribution >= 0.6 is 0 Å². The maximum atomic E-state index is 14.2. The van der Waals surface area contributed by atoms with E-state index in [0.717, 1.165) is 11.5 Å². The third-order valence-electron chi connectivity index (χ3n) is 2.79. The van der Waals surface area contributed by atoms with Gasteiger partial charge in [0, 0.05) is 12.6 Å². The minimum atomic E-state index is -2.50. The summed E-state index contributed by atoms with van der Waals surface area (Å²) in [5.41, 5.74) is 2.32. The quantitative estimate of drug-likeness (QED) is 0.789. The van der Waals surface area contributed by atoms with E-state index in [1.165, 1.54) is 12.3 Å². The van der Waals surface area contributed by atoms with E-state index in [2.05, 4.69) is 4.98 Å². The molecule has 1 aromatic rings. The predicted octanol–water partition coefficient (Wildman–Crippen LogP) is 0.131. The van der Waals surface area contributed by atoms with E-state index in [1.807, 2.05) is 0 Å². The molecule has 1 aliphatic heterocycles. The standard InChI is InChI=1S/C10H13F2N3O3/c1-9(11)4-10(12,5-16)18-7(9)15-3-2-6(13)14-8(15)17/h2-3,7,16H,4-5H2,1H3,(H2,13,14,17). The van der Waals surface area contributed by atoms with E-state index in [4.69, 9.17) is 15.6 Å². The number of hydrogen-bond donors (Lipinski definition) is 2. The zero-order valence-corrected chi connectivity index (χ0v) is 9.64. The summed E-state index contributed by atoms with van der Waals surface area (Å²) < 4.78 is 33.7. The number of nitrogens with two attached hydrogens (primary N) is 1. The molecule has 6 nitrogen and oxygen atoms in total. The molecule has 1 saturated heterocycles. The Balaban J connectivity index is 2.42. The van der Waals surface area contributed by atoms with Gasteiger partial charge in [0.05, 0.1) is 0 Å². The fraction of sp³-hybridized carbons (Fsp3) is 0.600. The summed E-state index contributed by atoms with van der Waals surface area (Å²) in [5.74, 6) is -2.53. The monoisotopic (exact) mass is 261 g/mol. The molecule has 0 bridgehead atoms. The Morgan fingerprint density at radius 1 is 1.72 bits per heavy atom. The van der Waals surface area contributed by atoms with Crippen molar-refractivity contribution in [3.8, 4) is 0 Å². The SMILES string of the molecule is CC1(F)CC(F)(CO)OC1n1ccc(N)nc1=O. The van der Waals surface area contributed by atoms with Gasteiger partial charge in [0.25, 0.3) is 0 Å². The topological polar surface area (TPSA) is 90.4 Å². The molecular formula is C10H13F2N3O3. The first-order valence-corrected chi connectivity index (χ1v) is 5.29. The third kappa shape index (κ3) is 2.08. The number of aromatic nitrogens is 2. The molecule has 1 fully saturated rings. The minimum absolute atomic E-state index is 0.0246. The molecule has 100 valence electrons. The minimum Gasteiger partial charge on any atom is -0.390 e. The first-order chi connectivity index (χ1) is 8.27. The third-order valence-corrected chi connectivity index (χ3v) is 2.79. The highest BCUT2D eigenvalue weighted by molar-refractivity contribution is 5.23. The summed E-state index contributed by atoms with van der Waals surface area (Å²) >= 11 is 0. The molecule has 0 amide bonds. The van der Waals surface area contributed by atoms with Crippen molar-refractivity contribution in [2.75, 3.05) is 12.3 Å². The molecule has 0 aliphatic carbocycles. The van der Waals surface area contributed by atoms with E-state index in [9.17, 15) is 13.6 Å². The largest absolute Gasteiger partial charge is 0.390 e. The molecule has 0 saturated carbocycles. The van der Waals surface area contributed by atoms with E-state index < -0.39 is 36.5 Å². The summed E-state index contributed by atoms with van der Waals surface area (Å²) in [4.78, 5) is 15.0. The van der Waals surface area contributed by atoms with Crippen LogP contribution in [0.3, 0.4) is 0 Å². The molecule has 1 aromatic heterocycles. The molecule has 1 aliphatic rings. The van der Waals surface area contributed by atoms with E-state index in [-0.39, 0.29) is 5.82 Å². The van der Waals surface area contributed by atoms with Gasteiger partial charge in [-0.1, -0.05) is 0 Å². The predicted molar refractivity (Wildman–Crippen MR) is 58.1 cm³/mol. The van der Waals surface area contributed by atoms with Crippen molar-refractivity contribution in [2.45, 2.75) is 31.1 Å². The Kier molecular flexibility index (Phi) is 2.86. The van der Waals surface area contributed by atoms with E-state index >= 15 is 0 Å². The number of alkyl halides is 2. The highest BCUT2D eigenvalue weighted by Crippen LogP contribution is 2.46. The number of aliphatic hydroxyl groups is 1. The number of rotatable bonds is 2. The average Bonchev–Trinajstić information content (AvgIpc) is 2.50. The molecule has 8 heteroatoms. The van der Waals surface area contributed by atoms with Gasteiger partial charge < -0.3 is 15.6 Å². The summed E-state index contributed by atoms with van der Waals surface area (Å²) in [5, 5.41) is 8.85. The van der Waals surface area contributed by atoms with Gasteiger partial charge in [-0.25, -0.2) is 13.6 Å². The Morgan fingerprint density at radius 2 is 2.39 bits per heavy atom. The van der Waals surface area contributed by atoms with Crippen LogP contribution in [-0.2, 0) is 4.74 Å². The highest BCUT2D eigenvalue weighted by Gasteiger charge is 2.56. The van der Waals surface area contributed by atoms with Gasteiger partial charge in [-0.3, -0.25) is 4.57 Å². The van der Waals surface area contributed by atoms with Crippen LogP contribution < -0.4 is 11.4 Å². The Hall–Kier alpha value is -1.54. The fourth-order valence-corrected chi connectivity index (χ4v) is 2.01. The number of anilines is 1. The van der Waals surface area contributed by atoms with Gasteiger partial charge in [-0.15, -0.1) is 0 Å². The molecule has 18 heavy (non-hydrogen) atoms. The molecule has 0 spiro atoms. The van der Waals surface area contributed by atoms with Gasteiger partial charge in [-0.05, 0) is 13.0 Å². The first kappa shape index (κ1) is 12.9. The number of hydrogen-bond acceptors (Lipinski definition) is 5. The number of ether oxygens (including phenoxy) is 1. The Labute approximate surface area is 101 Å². The van der Waals surface area contributed by atoms with Crippen molar-refractivity contribution in [1.82, 2.24) is 9.55 Å². The van der Waals surface area contributed by atoms with Gasteiger partial charge in [0.2, 0.25) is 5.85 Å². The highest BCUT2D eigenvalue weighted by atomic mass is 19.2. The first-order valence-electron chi connectivity index (χ1n) is 5.29. The number of aliphatic hydroxyl groups excluding tert-OH is 1. The molecule has 2 rings (SSSR count). The maximum absolute atomic E-state index is 14.2. The van der Waals surface area contributed by atoms with Gasteiger partial charge >= 0.3 is 5.69 Å². The zero-order chi connectivity index (χ0) is 13.6. The lowest BCUT2D eigenvalue weighted by atomic mass is 10.0. The summed E-state index contributed by atoms with van der Waals surface area (Å²) in [6.07, 6.45) is -0.982. The number of nitrogen functional groups attached to an aromatic ring is 1. The molecule has 3 N–H and O–H groups in total. The van der Waals surface area contributed by atoms with Gasteiger partial charge in [-0.2, -0.15) is 4.98 Å². The van der Waals surface area contributed by atoms with Gasteiger partial charge in [0.15, 0.2) is 11.9 Å². The average molecular weight is 261 g/mol. The molecule has 0 aromatic carbocycles. The van der Waals surface area contributed by atoms with Crippen molar-refractivity contribution >= 4 is 5.82 Å². The molecular weight excluding hydrogens is 248 g/mol. The lowest BCUT2D eigenvalue weighted by Crippen LogP contribution is -2.35. The van der Waals surface area contributed by atoms with Crippen molar-refractivity contribution in [3.05, 3.63) is 22.7 Å². The Bertz CT molecular complexity index is 519. The van der Waals surface area contributed by atoms with Crippen LogP contribution in [0.1, 0.15) is 19.6 Å². The summed E-state index contributed by atoms with van der Waals surface area (Å²) in [7, 11) is 0. The molecule has 2 heterocycles. The lowest BCUT2D eigenvalue weighted by molar-refractivity contribution is -0.182. The number of nitrogens with zero attached hydrogens (tertiary/aromatic N) is 2. The van der Waals surface area contributed by atoms with Crippen LogP contribution in [0.25, 0.3) is 0 Å². The second kappa shape index (κ2) is 3.99. The normalized spacial score (nSPS) is 35.9. The van der Waals surface area contributed by atoms with Crippen LogP contribution in [0, 0.1) is 0 Å². The van der Waals surface area contributed by atoms with Crippen LogP contribution in [0.15, 0.2) is 17.1 Å². The maximum Gasteiger partial charge on any atom is 0.351 e. The summed E-state index contributed by atoms with van der Waals surface area (Å²) in [6.45, 7) is 0.109. The zero-order valence-electron chi connectivity index (χ0n) is 9.64. The Morgan fingerprint density at radius 3 is 2.89 bits per heavy atom. The van der Waals surface area contributed by atoms with E-state index in [0.29, 0.717) is 0 Å². The lowest BCUT2D eigenvalue weighted by Gasteiger charge is -2.22. The number of halogens is 2. The smallest absolute Gasteiger partial charge is 0.351 e. The molecule has 3 unspecified atom stereocenters. The summed E-state index contributed by atoms with van der Waals surface area (Å²) in [6, 6.07) is 1.28. The van der Waals surface area contributed by atoms with Crippen molar-refractivity contribution in [3.63, 3.8) is 0 Å². The van der Waals surface area contributed by atoms with Crippen LogP contribution in [-0.4, -0.2) is 32.8 Å². The second-order valence-electron chi connectivity index (χ2n) is 4.51. The van der Waals surface area contributed by atoms with Crippen LogP contribution in [0.2, 0.25) is 0 Å². The molecule has 0 radical (unpaired) electrons. The fourth-order valence-electron chi connectivity index (χ4n) is 2.01. The second-order valence-corrected chi connectivity index (χ2v) is 4.51. The molecule has 3 atom stereocenters. The van der Waals surface area contributed by atoms with Crippen LogP contribution in [0.5, 0.6) is 0 Å². The van der Waals surface area contributed by atoms with Crippen molar-refractivity contribution in [1.29, 1.82) is 0 Å². The van der Waals surface area contributed by atoms with Gasteiger partial charge in [0.1, 0.15) is 12.4 Å². The van der Waals surface area contributed by atoms with E-state index in [1.54, 1.807) is 0 Å². The van der Waals surface area contributed by atoms with Crippen molar-refractivity contribution in [2.24, 2.45) is 0 Å².